The third-order valence-corrected chi connectivity index (χ3v) is 4.09. The molecule has 1 amide bonds. The largest absolute Gasteiger partial charge is 0.465 e. The normalized spacial score (nSPS) is 10.7. The highest BCUT2D eigenvalue weighted by molar-refractivity contribution is 6.33. The van der Waals surface area contributed by atoms with Crippen LogP contribution in [0.3, 0.4) is 0 Å². The molecular formula is C19H17ClN2O3. The van der Waals surface area contributed by atoms with Crippen LogP contribution in [0.25, 0.3) is 0 Å². The molecule has 0 unspecified atom stereocenters. The summed E-state index contributed by atoms with van der Waals surface area (Å²) in [5.41, 5.74) is 1.04. The molecular weight excluding hydrogens is 340 g/mol. The van der Waals surface area contributed by atoms with Gasteiger partial charge in [-0.15, -0.1) is 0 Å². The minimum Gasteiger partial charge on any atom is -0.465 e. The number of carbonyl (C=O) groups excluding carboxylic acids is 2. The third-order valence-electron chi connectivity index (χ3n) is 3.76. The Labute approximate surface area is 151 Å². The molecule has 2 aromatic rings. The van der Waals surface area contributed by atoms with E-state index in [1.165, 1.54) is 19.2 Å². The Hall–Kier alpha value is -2.84. The lowest BCUT2D eigenvalue weighted by atomic mass is 9.85. The van der Waals surface area contributed by atoms with Gasteiger partial charge in [0.15, 0.2) is 0 Å². The van der Waals surface area contributed by atoms with E-state index in [-0.39, 0.29) is 16.5 Å². The number of amides is 1. The molecule has 2 rings (SSSR count). The molecule has 0 aliphatic rings. The first kappa shape index (κ1) is 18.5. The fraction of sp³-hybridized carbons (Fsp3) is 0.211. The molecule has 0 aliphatic carbocycles. The standard InChI is InChI=1S/C19H17ClN2O3/c1-19(2,11-21)13-6-4-5-12(9-13)17(23)22-14-7-8-16(20)15(10-14)18(24)25-3/h4-10H,1-3H3,(H,22,23). The number of nitrogens with zero attached hydrogens (tertiary/aromatic N) is 1. The van der Waals surface area contributed by atoms with Crippen LogP contribution in [0.15, 0.2) is 42.5 Å². The smallest absolute Gasteiger partial charge is 0.339 e. The van der Waals surface area contributed by atoms with Crippen LogP contribution in [-0.4, -0.2) is 19.0 Å². The first-order valence-corrected chi connectivity index (χ1v) is 7.87. The fourth-order valence-corrected chi connectivity index (χ4v) is 2.38. The molecule has 5 nitrogen and oxygen atoms in total. The van der Waals surface area contributed by atoms with Gasteiger partial charge in [-0.2, -0.15) is 5.26 Å². The van der Waals surface area contributed by atoms with Crippen molar-refractivity contribution in [3.63, 3.8) is 0 Å². The van der Waals surface area contributed by atoms with Gasteiger partial charge in [-0.25, -0.2) is 4.79 Å². The number of benzene rings is 2. The topological polar surface area (TPSA) is 79.2 Å². The minimum atomic E-state index is -0.700. The van der Waals surface area contributed by atoms with E-state index in [1.807, 2.05) is 0 Å². The van der Waals surface area contributed by atoms with Crippen molar-refractivity contribution in [1.29, 1.82) is 5.26 Å². The monoisotopic (exact) mass is 356 g/mol. The highest BCUT2D eigenvalue weighted by Gasteiger charge is 2.21. The number of rotatable bonds is 4. The summed E-state index contributed by atoms with van der Waals surface area (Å²) in [6, 6.07) is 13.6. The Morgan fingerprint density at radius 2 is 1.92 bits per heavy atom. The van der Waals surface area contributed by atoms with Crippen LogP contribution in [0.1, 0.15) is 40.1 Å². The Morgan fingerprint density at radius 1 is 1.20 bits per heavy atom. The average Bonchev–Trinajstić information content (AvgIpc) is 2.62. The number of nitrogens with one attached hydrogen (secondary N) is 1. The molecule has 1 N–H and O–H groups in total. The molecule has 0 saturated carbocycles. The van der Waals surface area contributed by atoms with E-state index in [4.69, 9.17) is 11.6 Å². The molecule has 25 heavy (non-hydrogen) atoms. The number of methoxy groups -OCH3 is 1. The molecule has 6 heteroatoms. The van der Waals surface area contributed by atoms with Gasteiger partial charge in [0.1, 0.15) is 0 Å². The van der Waals surface area contributed by atoms with Crippen molar-refractivity contribution in [2.75, 3.05) is 12.4 Å². The SMILES string of the molecule is COC(=O)c1cc(NC(=O)c2cccc(C(C)(C)C#N)c2)ccc1Cl. The number of esters is 1. The highest BCUT2D eigenvalue weighted by atomic mass is 35.5. The summed E-state index contributed by atoms with van der Waals surface area (Å²) < 4.78 is 4.66. The van der Waals surface area contributed by atoms with E-state index in [2.05, 4.69) is 16.1 Å². The molecule has 0 aliphatic heterocycles. The van der Waals surface area contributed by atoms with Gasteiger partial charge in [0, 0.05) is 11.3 Å². The van der Waals surface area contributed by atoms with Crippen molar-refractivity contribution in [1.82, 2.24) is 0 Å². The zero-order valence-corrected chi connectivity index (χ0v) is 14.8. The van der Waals surface area contributed by atoms with Crippen LogP contribution in [0, 0.1) is 11.3 Å². The maximum absolute atomic E-state index is 12.5. The van der Waals surface area contributed by atoms with E-state index < -0.39 is 11.4 Å². The summed E-state index contributed by atoms with van der Waals surface area (Å²) in [7, 11) is 1.26. The molecule has 0 bridgehead atoms. The zero-order valence-electron chi connectivity index (χ0n) is 14.1. The van der Waals surface area contributed by atoms with Crippen LogP contribution in [0.4, 0.5) is 5.69 Å². The Morgan fingerprint density at radius 3 is 2.56 bits per heavy atom. The number of anilines is 1. The quantitative estimate of drug-likeness (QED) is 0.833. The van der Waals surface area contributed by atoms with Crippen molar-refractivity contribution in [3.05, 3.63) is 64.2 Å². The van der Waals surface area contributed by atoms with Gasteiger partial charge in [-0.05, 0) is 49.7 Å². The van der Waals surface area contributed by atoms with Gasteiger partial charge in [0.25, 0.3) is 5.91 Å². The summed E-state index contributed by atoms with van der Waals surface area (Å²) in [5.74, 6) is -0.937. The number of hydrogen-bond donors (Lipinski definition) is 1. The van der Waals surface area contributed by atoms with Gasteiger partial charge in [-0.1, -0.05) is 23.7 Å². The van der Waals surface area contributed by atoms with Gasteiger partial charge in [0.05, 0.1) is 29.2 Å². The third kappa shape index (κ3) is 4.17. The summed E-state index contributed by atoms with van der Waals surface area (Å²) in [6.45, 7) is 3.57. The van der Waals surface area contributed by atoms with E-state index in [9.17, 15) is 14.9 Å². The van der Waals surface area contributed by atoms with Gasteiger partial charge in [-0.3, -0.25) is 4.79 Å². The Bertz CT molecular complexity index is 869. The van der Waals surface area contributed by atoms with E-state index in [0.717, 1.165) is 5.56 Å². The molecule has 0 fully saturated rings. The second kappa shape index (κ2) is 7.37. The van der Waals surface area contributed by atoms with Crippen LogP contribution in [-0.2, 0) is 10.2 Å². The minimum absolute atomic E-state index is 0.168. The number of ether oxygens (including phenoxy) is 1. The van der Waals surface area contributed by atoms with Crippen molar-refractivity contribution < 1.29 is 14.3 Å². The second-order valence-electron chi connectivity index (χ2n) is 5.96. The number of nitriles is 1. The van der Waals surface area contributed by atoms with Crippen LogP contribution in [0.5, 0.6) is 0 Å². The average molecular weight is 357 g/mol. The predicted octanol–water partition coefficient (Wildman–Crippen LogP) is 4.18. The maximum atomic E-state index is 12.5. The molecule has 0 aromatic heterocycles. The van der Waals surface area contributed by atoms with Gasteiger partial charge >= 0.3 is 5.97 Å². The second-order valence-corrected chi connectivity index (χ2v) is 6.37. The molecule has 0 saturated heterocycles. The molecule has 2 aromatic carbocycles. The van der Waals surface area contributed by atoms with Crippen molar-refractivity contribution in [2.45, 2.75) is 19.3 Å². The molecule has 0 atom stereocenters. The van der Waals surface area contributed by atoms with Gasteiger partial charge in [0.2, 0.25) is 0 Å². The molecule has 0 heterocycles. The fourth-order valence-electron chi connectivity index (χ4n) is 2.19. The van der Waals surface area contributed by atoms with Crippen molar-refractivity contribution in [2.24, 2.45) is 0 Å². The molecule has 0 spiro atoms. The lowest BCUT2D eigenvalue weighted by molar-refractivity contribution is 0.0600. The van der Waals surface area contributed by atoms with Crippen molar-refractivity contribution in [3.8, 4) is 6.07 Å². The first-order valence-electron chi connectivity index (χ1n) is 7.49. The van der Waals surface area contributed by atoms with Crippen LogP contribution >= 0.6 is 11.6 Å². The zero-order chi connectivity index (χ0) is 18.6. The summed E-state index contributed by atoms with van der Waals surface area (Å²) in [4.78, 5) is 24.2. The van der Waals surface area contributed by atoms with Crippen molar-refractivity contribution >= 4 is 29.2 Å². The first-order chi connectivity index (χ1) is 11.8. The molecule has 0 radical (unpaired) electrons. The Kier molecular flexibility index (Phi) is 5.45. The summed E-state index contributed by atoms with van der Waals surface area (Å²) >= 11 is 5.97. The van der Waals surface area contributed by atoms with Gasteiger partial charge < -0.3 is 10.1 Å². The Balaban J connectivity index is 2.28. The van der Waals surface area contributed by atoms with Crippen LogP contribution < -0.4 is 5.32 Å². The summed E-state index contributed by atoms with van der Waals surface area (Å²) in [5, 5.41) is 12.2. The lowest BCUT2D eigenvalue weighted by Gasteiger charge is -2.16. The predicted molar refractivity (Wildman–Crippen MR) is 95.8 cm³/mol. The lowest BCUT2D eigenvalue weighted by Crippen LogP contribution is -2.17. The number of hydrogen-bond acceptors (Lipinski definition) is 4. The highest BCUT2D eigenvalue weighted by Crippen LogP contribution is 2.24. The number of carbonyl (C=O) groups is 2. The van der Waals surface area contributed by atoms with E-state index >= 15 is 0 Å². The molecule has 128 valence electrons. The van der Waals surface area contributed by atoms with Crippen LogP contribution in [0.2, 0.25) is 5.02 Å². The van der Waals surface area contributed by atoms with E-state index in [0.29, 0.717) is 11.3 Å². The van der Waals surface area contributed by atoms with E-state index in [1.54, 1.807) is 44.2 Å². The number of halogens is 1. The summed E-state index contributed by atoms with van der Waals surface area (Å²) in [6.07, 6.45) is 0. The maximum Gasteiger partial charge on any atom is 0.339 e.